The molecule has 2 heteroatoms. The van der Waals surface area contributed by atoms with E-state index < -0.39 is 0 Å². The van der Waals surface area contributed by atoms with Crippen LogP contribution in [0.1, 0.15) is 12.0 Å². The molecule has 0 aromatic heterocycles. The largest absolute Gasteiger partial charge is 0.375 e. The summed E-state index contributed by atoms with van der Waals surface area (Å²) >= 11 is 0. The maximum absolute atomic E-state index is 4.06. The first-order valence-corrected chi connectivity index (χ1v) is 5.98. The summed E-state index contributed by atoms with van der Waals surface area (Å²) < 4.78 is 0. The maximum atomic E-state index is 4.06. The van der Waals surface area contributed by atoms with Gasteiger partial charge in [0.25, 0.3) is 0 Å². The zero-order chi connectivity index (χ0) is 12.5. The Balaban J connectivity index is 2.16. The van der Waals surface area contributed by atoms with Gasteiger partial charge in [-0.1, -0.05) is 43.0 Å². The van der Waals surface area contributed by atoms with Gasteiger partial charge >= 0.3 is 0 Å². The number of hydrogen-bond acceptors (Lipinski definition) is 2. The molecule has 0 aliphatic rings. The molecule has 0 fully saturated rings. The molecule has 1 N–H and O–H groups in total. The van der Waals surface area contributed by atoms with E-state index in [2.05, 4.69) is 47.6 Å². The van der Waals surface area contributed by atoms with Crippen molar-refractivity contribution in [3.63, 3.8) is 0 Å². The van der Waals surface area contributed by atoms with Crippen LogP contribution in [0.15, 0.2) is 55.3 Å². The van der Waals surface area contributed by atoms with Crippen LogP contribution in [0.3, 0.4) is 0 Å². The second-order valence-electron chi connectivity index (χ2n) is 4.15. The van der Waals surface area contributed by atoms with E-state index >= 15 is 0 Å². The van der Waals surface area contributed by atoms with Gasteiger partial charge in [0.15, 0.2) is 0 Å². The maximum Gasteiger partial charge on any atom is 0.0350 e. The zero-order valence-corrected chi connectivity index (χ0v) is 10.7. The van der Waals surface area contributed by atoms with Crippen LogP contribution in [0.25, 0.3) is 0 Å². The molecule has 0 unspecified atom stereocenters. The SMILES string of the molecule is C=CCN(C)C(=C)CCNCc1ccccc1. The Morgan fingerprint density at radius 3 is 2.71 bits per heavy atom. The molecule has 0 bridgehead atoms. The molecule has 0 heterocycles. The van der Waals surface area contributed by atoms with Crippen LogP contribution in [-0.2, 0) is 6.54 Å². The summed E-state index contributed by atoms with van der Waals surface area (Å²) in [5.41, 5.74) is 2.46. The predicted octanol–water partition coefficient (Wildman–Crippen LogP) is 2.80. The Hall–Kier alpha value is -1.54. The topological polar surface area (TPSA) is 15.3 Å². The first-order chi connectivity index (χ1) is 8.24. The first kappa shape index (κ1) is 13.5. The highest BCUT2D eigenvalue weighted by Crippen LogP contribution is 2.03. The number of nitrogens with zero attached hydrogens (tertiary/aromatic N) is 1. The number of nitrogens with one attached hydrogen (secondary N) is 1. The normalized spacial score (nSPS) is 9.94. The first-order valence-electron chi connectivity index (χ1n) is 5.98. The molecule has 0 aliphatic carbocycles. The summed E-state index contributed by atoms with van der Waals surface area (Å²) in [5, 5.41) is 3.42. The summed E-state index contributed by atoms with van der Waals surface area (Å²) in [5.74, 6) is 0. The fourth-order valence-corrected chi connectivity index (χ4v) is 1.57. The lowest BCUT2D eigenvalue weighted by Gasteiger charge is -2.19. The van der Waals surface area contributed by atoms with Crippen molar-refractivity contribution in [3.8, 4) is 0 Å². The summed E-state index contributed by atoms with van der Waals surface area (Å²) in [4.78, 5) is 2.12. The van der Waals surface area contributed by atoms with Gasteiger partial charge in [0, 0.05) is 32.4 Å². The Bertz CT molecular complexity index is 343. The van der Waals surface area contributed by atoms with E-state index in [1.165, 1.54) is 5.56 Å². The Morgan fingerprint density at radius 2 is 2.06 bits per heavy atom. The van der Waals surface area contributed by atoms with E-state index in [-0.39, 0.29) is 0 Å². The Kier molecular flexibility index (Phi) is 6.12. The summed E-state index contributed by atoms with van der Waals surface area (Å²) in [6.45, 7) is 10.5. The minimum absolute atomic E-state index is 0.859. The molecular weight excluding hydrogens is 208 g/mol. The molecule has 1 rings (SSSR count). The monoisotopic (exact) mass is 230 g/mol. The molecule has 0 saturated heterocycles. The quantitative estimate of drug-likeness (QED) is 0.546. The van der Waals surface area contributed by atoms with E-state index in [0.29, 0.717) is 0 Å². The molecule has 1 aromatic carbocycles. The van der Waals surface area contributed by atoms with Crippen LogP contribution in [-0.4, -0.2) is 25.0 Å². The molecule has 0 radical (unpaired) electrons. The molecule has 17 heavy (non-hydrogen) atoms. The molecule has 0 amide bonds. The molecular formula is C15H22N2. The summed E-state index contributed by atoms with van der Waals surface area (Å²) in [6, 6.07) is 10.4. The molecule has 2 nitrogen and oxygen atoms in total. The number of rotatable bonds is 8. The van der Waals surface area contributed by atoms with Gasteiger partial charge in [-0.3, -0.25) is 0 Å². The van der Waals surface area contributed by atoms with Crippen molar-refractivity contribution in [2.75, 3.05) is 20.1 Å². The van der Waals surface area contributed by atoms with Crippen LogP contribution in [0.2, 0.25) is 0 Å². The highest BCUT2D eigenvalue weighted by molar-refractivity contribution is 5.14. The Morgan fingerprint density at radius 1 is 1.35 bits per heavy atom. The average Bonchev–Trinajstić information content (AvgIpc) is 2.36. The fourth-order valence-electron chi connectivity index (χ4n) is 1.57. The van der Waals surface area contributed by atoms with E-state index in [1.807, 2.05) is 19.2 Å². The van der Waals surface area contributed by atoms with Gasteiger partial charge in [0.05, 0.1) is 0 Å². The third-order valence-electron chi connectivity index (χ3n) is 2.71. The lowest BCUT2D eigenvalue weighted by molar-refractivity contribution is 0.441. The lowest BCUT2D eigenvalue weighted by atomic mass is 10.2. The van der Waals surface area contributed by atoms with Crippen molar-refractivity contribution in [3.05, 3.63) is 60.8 Å². The van der Waals surface area contributed by atoms with Crippen molar-refractivity contribution in [1.29, 1.82) is 0 Å². The van der Waals surface area contributed by atoms with Crippen molar-refractivity contribution < 1.29 is 0 Å². The number of likely N-dealkylation sites (N-methyl/N-ethyl adjacent to an activating group) is 1. The van der Waals surface area contributed by atoms with E-state index in [9.17, 15) is 0 Å². The highest BCUT2D eigenvalue weighted by Gasteiger charge is 1.99. The third kappa shape index (κ3) is 5.36. The molecule has 0 aliphatic heterocycles. The summed E-state index contributed by atoms with van der Waals surface area (Å²) in [6.07, 6.45) is 2.86. The van der Waals surface area contributed by atoms with Crippen LogP contribution < -0.4 is 5.32 Å². The van der Waals surface area contributed by atoms with E-state index in [1.54, 1.807) is 0 Å². The van der Waals surface area contributed by atoms with Gasteiger partial charge in [-0.15, -0.1) is 6.58 Å². The second kappa shape index (κ2) is 7.69. The average molecular weight is 230 g/mol. The lowest BCUT2D eigenvalue weighted by Crippen LogP contribution is -2.21. The van der Waals surface area contributed by atoms with Crippen LogP contribution in [0.5, 0.6) is 0 Å². The van der Waals surface area contributed by atoms with Crippen molar-refractivity contribution in [2.24, 2.45) is 0 Å². The van der Waals surface area contributed by atoms with Gasteiger partial charge in [-0.25, -0.2) is 0 Å². The van der Waals surface area contributed by atoms with Crippen molar-refractivity contribution in [1.82, 2.24) is 10.2 Å². The standard InChI is InChI=1S/C15H22N2/c1-4-12-17(3)14(2)10-11-16-13-15-8-6-5-7-9-15/h4-9,16H,1-2,10-13H2,3H3. The number of benzene rings is 1. The van der Waals surface area contributed by atoms with Gasteiger partial charge in [0.1, 0.15) is 0 Å². The molecule has 0 saturated carbocycles. The fraction of sp³-hybridized carbons (Fsp3) is 0.333. The smallest absolute Gasteiger partial charge is 0.0350 e. The van der Waals surface area contributed by atoms with Crippen LogP contribution in [0.4, 0.5) is 0 Å². The van der Waals surface area contributed by atoms with Gasteiger partial charge in [0.2, 0.25) is 0 Å². The number of hydrogen-bond donors (Lipinski definition) is 1. The molecule has 1 aromatic rings. The second-order valence-corrected chi connectivity index (χ2v) is 4.15. The molecule has 92 valence electrons. The van der Waals surface area contributed by atoms with E-state index in [0.717, 1.165) is 31.8 Å². The van der Waals surface area contributed by atoms with Gasteiger partial charge in [-0.2, -0.15) is 0 Å². The summed E-state index contributed by atoms with van der Waals surface area (Å²) in [7, 11) is 2.04. The minimum atomic E-state index is 0.859. The minimum Gasteiger partial charge on any atom is -0.375 e. The molecule has 0 spiro atoms. The zero-order valence-electron chi connectivity index (χ0n) is 10.7. The predicted molar refractivity (Wildman–Crippen MR) is 74.7 cm³/mol. The van der Waals surface area contributed by atoms with Gasteiger partial charge in [-0.05, 0) is 12.0 Å². The van der Waals surface area contributed by atoms with Crippen LogP contribution in [0, 0.1) is 0 Å². The van der Waals surface area contributed by atoms with Crippen molar-refractivity contribution in [2.45, 2.75) is 13.0 Å². The highest BCUT2D eigenvalue weighted by atomic mass is 15.1. The van der Waals surface area contributed by atoms with Gasteiger partial charge < -0.3 is 10.2 Å². The Labute approximate surface area is 105 Å². The van der Waals surface area contributed by atoms with E-state index in [4.69, 9.17) is 0 Å². The third-order valence-corrected chi connectivity index (χ3v) is 2.71. The molecule has 0 atom stereocenters. The van der Waals surface area contributed by atoms with Crippen LogP contribution >= 0.6 is 0 Å². The van der Waals surface area contributed by atoms with Crippen molar-refractivity contribution >= 4 is 0 Å².